The molecule has 0 aromatic heterocycles. The largest absolute Gasteiger partial charge is 0.506 e. The van der Waals surface area contributed by atoms with E-state index in [2.05, 4.69) is 10.3 Å². The second-order valence-electron chi connectivity index (χ2n) is 7.93. The number of amides is 2. The summed E-state index contributed by atoms with van der Waals surface area (Å²) in [5.74, 6) is 0.245. The molecule has 3 rings (SSSR count). The van der Waals surface area contributed by atoms with Crippen molar-refractivity contribution in [3.05, 3.63) is 28.8 Å². The molecule has 1 saturated carbocycles. The van der Waals surface area contributed by atoms with E-state index in [-0.39, 0.29) is 16.6 Å². The van der Waals surface area contributed by atoms with Crippen molar-refractivity contribution in [2.45, 2.75) is 70.8 Å². The number of hydrogen-bond donors (Lipinski definition) is 2. The van der Waals surface area contributed by atoms with Crippen LogP contribution in [0.15, 0.2) is 23.2 Å². The van der Waals surface area contributed by atoms with Crippen LogP contribution in [0.4, 0.5) is 4.79 Å². The van der Waals surface area contributed by atoms with E-state index in [1.165, 1.54) is 44.6 Å². The fraction of sp³-hybridized carbons (Fsp3) is 0.591. The Hall–Kier alpha value is -1.88. The minimum Gasteiger partial charge on any atom is -0.506 e. The van der Waals surface area contributed by atoms with Crippen LogP contribution in [-0.4, -0.2) is 22.6 Å². The Morgan fingerprint density at radius 2 is 1.96 bits per heavy atom. The number of urea groups is 1. The molecule has 0 radical (unpaired) electrons. The van der Waals surface area contributed by atoms with Crippen molar-refractivity contribution in [2.75, 3.05) is 0 Å². The lowest BCUT2D eigenvalue weighted by molar-refractivity contribution is -0.122. The van der Waals surface area contributed by atoms with Crippen LogP contribution < -0.4 is 5.32 Å². The lowest BCUT2D eigenvalue weighted by Crippen LogP contribution is -2.44. The Morgan fingerprint density at radius 3 is 2.61 bits per heavy atom. The van der Waals surface area contributed by atoms with Crippen molar-refractivity contribution in [3.8, 4) is 5.75 Å². The zero-order chi connectivity index (χ0) is 20.1. The fourth-order valence-electron chi connectivity index (χ4n) is 4.46. The molecule has 152 valence electrons. The number of halogens is 1. The van der Waals surface area contributed by atoms with E-state index < -0.39 is 18.0 Å². The van der Waals surface area contributed by atoms with Crippen LogP contribution in [0.1, 0.15) is 76.3 Å². The summed E-state index contributed by atoms with van der Waals surface area (Å²) in [6.45, 7) is 1.92. The van der Waals surface area contributed by atoms with Crippen molar-refractivity contribution < 1.29 is 14.7 Å². The predicted octanol–water partition coefficient (Wildman–Crippen LogP) is 5.60. The van der Waals surface area contributed by atoms with Crippen LogP contribution in [0, 0.1) is 11.8 Å². The standard InChI is InChI=1S/C22H29ClN2O3/c1-2-17-20(19(27)11-9-14-7-5-3-4-6-8-14)21(25-22(28)24-17)15-10-12-18(26)16(23)13-15/h10,12-14,20-21,26H,2-9,11H2,1H3,(H,25,28). The van der Waals surface area contributed by atoms with Gasteiger partial charge in [-0.15, -0.1) is 0 Å². The molecule has 0 bridgehead atoms. The van der Waals surface area contributed by atoms with Gasteiger partial charge in [-0.1, -0.05) is 63.1 Å². The molecule has 2 atom stereocenters. The van der Waals surface area contributed by atoms with Gasteiger partial charge in [-0.05, 0) is 36.5 Å². The van der Waals surface area contributed by atoms with Crippen molar-refractivity contribution in [1.29, 1.82) is 0 Å². The van der Waals surface area contributed by atoms with Gasteiger partial charge in [0.05, 0.1) is 17.0 Å². The maximum atomic E-state index is 13.2. The predicted molar refractivity (Wildman–Crippen MR) is 111 cm³/mol. The van der Waals surface area contributed by atoms with Crippen molar-refractivity contribution in [1.82, 2.24) is 5.32 Å². The van der Waals surface area contributed by atoms with E-state index in [9.17, 15) is 14.7 Å². The highest BCUT2D eigenvalue weighted by Crippen LogP contribution is 2.35. The molecule has 2 N–H and O–H groups in total. The average molecular weight is 405 g/mol. The highest BCUT2D eigenvalue weighted by molar-refractivity contribution is 6.32. The Balaban J connectivity index is 1.79. The van der Waals surface area contributed by atoms with Gasteiger partial charge in [0, 0.05) is 12.1 Å². The van der Waals surface area contributed by atoms with Gasteiger partial charge in [0.25, 0.3) is 0 Å². The molecule has 2 unspecified atom stereocenters. The molecule has 1 aliphatic heterocycles. The third-order valence-corrected chi connectivity index (χ3v) is 6.33. The molecular weight excluding hydrogens is 376 g/mol. The zero-order valence-electron chi connectivity index (χ0n) is 16.4. The number of Topliss-reactive ketones (excluding diaryl/α,β-unsaturated/α-hetero) is 1. The van der Waals surface area contributed by atoms with Gasteiger partial charge in [0.1, 0.15) is 11.5 Å². The molecule has 5 nitrogen and oxygen atoms in total. The number of rotatable bonds is 6. The number of phenolic OH excluding ortho intramolecular Hbond substituents is 1. The first-order valence-corrected chi connectivity index (χ1v) is 10.8. The fourth-order valence-corrected chi connectivity index (χ4v) is 4.65. The second kappa shape index (κ2) is 9.55. The van der Waals surface area contributed by atoms with Crippen LogP contribution >= 0.6 is 11.6 Å². The molecule has 28 heavy (non-hydrogen) atoms. The van der Waals surface area contributed by atoms with Crippen molar-refractivity contribution >= 4 is 29.1 Å². The summed E-state index contributed by atoms with van der Waals surface area (Å²) >= 11 is 6.07. The van der Waals surface area contributed by atoms with Crippen LogP contribution in [-0.2, 0) is 4.79 Å². The Morgan fingerprint density at radius 1 is 1.25 bits per heavy atom. The van der Waals surface area contributed by atoms with Crippen LogP contribution in [0.5, 0.6) is 5.75 Å². The first-order valence-electron chi connectivity index (χ1n) is 10.4. The van der Waals surface area contributed by atoms with Gasteiger partial charge in [0.2, 0.25) is 0 Å². The van der Waals surface area contributed by atoms with E-state index in [1.807, 2.05) is 6.92 Å². The first-order chi connectivity index (χ1) is 13.5. The Bertz CT molecular complexity index is 754. The van der Waals surface area contributed by atoms with Gasteiger partial charge in [-0.25, -0.2) is 9.79 Å². The smallest absolute Gasteiger partial charge is 0.341 e. The maximum Gasteiger partial charge on any atom is 0.341 e. The van der Waals surface area contributed by atoms with E-state index in [0.29, 0.717) is 30.0 Å². The summed E-state index contributed by atoms with van der Waals surface area (Å²) in [6.07, 6.45) is 9.50. The number of nitrogens with zero attached hydrogens (tertiary/aromatic N) is 1. The lowest BCUT2D eigenvalue weighted by Gasteiger charge is -2.31. The Kier molecular flexibility index (Phi) is 7.11. The van der Waals surface area contributed by atoms with Gasteiger partial charge in [-0.3, -0.25) is 4.79 Å². The lowest BCUT2D eigenvalue weighted by atomic mass is 9.81. The number of hydrogen-bond acceptors (Lipinski definition) is 3. The van der Waals surface area contributed by atoms with Crippen LogP contribution in [0.25, 0.3) is 0 Å². The average Bonchev–Trinajstić information content (AvgIpc) is 2.96. The topological polar surface area (TPSA) is 78.8 Å². The number of aromatic hydroxyl groups is 1. The third kappa shape index (κ3) is 4.93. The number of carbonyl (C=O) groups is 2. The molecule has 2 aliphatic rings. The van der Waals surface area contributed by atoms with Gasteiger partial charge >= 0.3 is 6.03 Å². The van der Waals surface area contributed by atoms with Gasteiger partial charge in [0.15, 0.2) is 0 Å². The molecule has 1 aromatic carbocycles. The third-order valence-electron chi connectivity index (χ3n) is 6.03. The molecule has 0 spiro atoms. The first kappa shape index (κ1) is 20.8. The number of benzene rings is 1. The van der Waals surface area contributed by atoms with Gasteiger partial charge < -0.3 is 10.4 Å². The van der Waals surface area contributed by atoms with Gasteiger partial charge in [-0.2, -0.15) is 0 Å². The Labute approximate surface area is 171 Å². The number of nitrogens with one attached hydrogen (secondary N) is 1. The number of phenols is 1. The molecule has 6 heteroatoms. The molecule has 1 fully saturated rings. The van der Waals surface area contributed by atoms with E-state index in [1.54, 1.807) is 12.1 Å². The van der Waals surface area contributed by atoms with Crippen LogP contribution in [0.2, 0.25) is 5.02 Å². The maximum absolute atomic E-state index is 13.2. The monoisotopic (exact) mass is 404 g/mol. The summed E-state index contributed by atoms with van der Waals surface area (Å²) in [5.41, 5.74) is 1.34. The molecule has 1 aliphatic carbocycles. The van der Waals surface area contributed by atoms with E-state index >= 15 is 0 Å². The normalized spacial score (nSPS) is 23.6. The summed E-state index contributed by atoms with van der Waals surface area (Å²) in [4.78, 5) is 29.4. The molecule has 2 amide bonds. The van der Waals surface area contributed by atoms with E-state index in [4.69, 9.17) is 11.6 Å². The highest BCUT2D eigenvalue weighted by Gasteiger charge is 2.37. The summed E-state index contributed by atoms with van der Waals surface area (Å²) in [6, 6.07) is 3.88. The van der Waals surface area contributed by atoms with Crippen molar-refractivity contribution in [3.63, 3.8) is 0 Å². The minimum absolute atomic E-state index is 0.0202. The number of carbonyl (C=O) groups excluding carboxylic acids is 2. The molecule has 1 heterocycles. The molecule has 0 saturated heterocycles. The van der Waals surface area contributed by atoms with E-state index in [0.717, 1.165) is 6.42 Å². The quantitative estimate of drug-likeness (QED) is 0.606. The number of aliphatic imine (C=N–C) groups is 1. The molecule has 1 aromatic rings. The molecular formula is C22H29ClN2O3. The summed E-state index contributed by atoms with van der Waals surface area (Å²) in [5, 5.41) is 12.7. The number of ketones is 1. The minimum atomic E-state index is -0.500. The van der Waals surface area contributed by atoms with Crippen LogP contribution in [0.3, 0.4) is 0 Å². The second-order valence-corrected chi connectivity index (χ2v) is 8.34. The summed E-state index contributed by atoms with van der Waals surface area (Å²) in [7, 11) is 0. The zero-order valence-corrected chi connectivity index (χ0v) is 17.2. The SMILES string of the molecule is CCC1=NC(=O)NC(c2ccc(O)c(Cl)c2)C1C(=O)CCC1CCCCCC1. The highest BCUT2D eigenvalue weighted by atomic mass is 35.5. The summed E-state index contributed by atoms with van der Waals surface area (Å²) < 4.78 is 0. The van der Waals surface area contributed by atoms with Crippen molar-refractivity contribution in [2.24, 2.45) is 16.8 Å².